The monoisotopic (exact) mass is 633 g/mol. The zero-order valence-corrected chi connectivity index (χ0v) is 26.0. The number of carbonyl (C=O) groups excluding carboxylic acids is 2. The third kappa shape index (κ3) is 6.52. The molecule has 0 spiro atoms. The molecule has 11 nitrogen and oxygen atoms in total. The van der Waals surface area contributed by atoms with E-state index in [0.717, 1.165) is 41.1 Å². The number of amides is 1. The van der Waals surface area contributed by atoms with Crippen LogP contribution in [0.1, 0.15) is 43.7 Å². The highest BCUT2D eigenvalue weighted by molar-refractivity contribution is 7.03. The summed E-state index contributed by atoms with van der Waals surface area (Å²) in [4.78, 5) is 49.9. The van der Waals surface area contributed by atoms with Gasteiger partial charge in [-0.2, -0.15) is 0 Å². The molecule has 2 saturated heterocycles. The Balaban J connectivity index is 1.01. The smallest absolute Gasteiger partial charge is 0.407 e. The second kappa shape index (κ2) is 12.5. The Morgan fingerprint density at radius 1 is 1.11 bits per heavy atom. The largest absolute Gasteiger partial charge is 0.497 e. The molecule has 236 valence electrons. The molecule has 2 aromatic carbocycles. The molecule has 3 aromatic rings. The number of allylic oxidation sites excluding steroid dienone is 1. The van der Waals surface area contributed by atoms with Crippen molar-refractivity contribution >= 4 is 23.6 Å². The van der Waals surface area contributed by atoms with Crippen molar-refractivity contribution in [2.45, 2.75) is 63.5 Å². The highest BCUT2D eigenvalue weighted by Gasteiger charge is 2.61. The van der Waals surface area contributed by atoms with E-state index in [0.29, 0.717) is 29.9 Å². The van der Waals surface area contributed by atoms with Gasteiger partial charge in [-0.15, -0.1) is 0 Å². The van der Waals surface area contributed by atoms with E-state index in [1.54, 1.807) is 31.4 Å². The summed E-state index contributed by atoms with van der Waals surface area (Å²) in [6, 6.07) is 14.2. The average molecular weight is 634 g/mol. The van der Waals surface area contributed by atoms with E-state index >= 15 is 0 Å². The SMILES string of the molecule is C=C1C(=O)O[C@H]2[C@H]1CC/C(COC(=O)NCc1ccc(Cn3c(=O)sn(-c4ccc(OC)cc4)c3=O)cc1)=C\CC[C@@]1(C)O[C@@H]21. The minimum absolute atomic E-state index is 0.101. The molecule has 12 heteroatoms. The van der Waals surface area contributed by atoms with Gasteiger partial charge in [0.15, 0.2) is 0 Å². The summed E-state index contributed by atoms with van der Waals surface area (Å²) in [6.07, 6.45) is 4.04. The quantitative estimate of drug-likeness (QED) is 0.170. The van der Waals surface area contributed by atoms with Gasteiger partial charge in [-0.25, -0.2) is 22.9 Å². The van der Waals surface area contributed by atoms with Crippen LogP contribution in [0, 0.1) is 5.92 Å². The number of esters is 1. The minimum Gasteiger partial charge on any atom is -0.497 e. The highest BCUT2D eigenvalue weighted by atomic mass is 32.1. The normalized spacial score (nSPS) is 25.3. The number of benzene rings is 2. The summed E-state index contributed by atoms with van der Waals surface area (Å²) in [5.74, 6) is 0.186. The molecule has 0 bridgehead atoms. The Bertz CT molecular complexity index is 1750. The summed E-state index contributed by atoms with van der Waals surface area (Å²) in [7, 11) is 1.56. The van der Waals surface area contributed by atoms with Crippen molar-refractivity contribution in [1.29, 1.82) is 0 Å². The van der Waals surface area contributed by atoms with Gasteiger partial charge in [-0.1, -0.05) is 36.9 Å². The summed E-state index contributed by atoms with van der Waals surface area (Å²) in [5, 5.41) is 2.77. The number of carbonyl (C=O) groups is 2. The molecule has 3 heterocycles. The van der Waals surface area contributed by atoms with E-state index in [9.17, 15) is 19.2 Å². The summed E-state index contributed by atoms with van der Waals surface area (Å²) >= 11 is 0.843. The van der Waals surface area contributed by atoms with Crippen molar-refractivity contribution in [3.05, 3.63) is 104 Å². The summed E-state index contributed by atoms with van der Waals surface area (Å²) in [6.45, 7) is 6.51. The zero-order valence-electron chi connectivity index (χ0n) is 25.2. The number of methoxy groups -OCH3 is 1. The molecule has 3 aliphatic rings. The van der Waals surface area contributed by atoms with Crippen molar-refractivity contribution in [1.82, 2.24) is 13.8 Å². The number of epoxide rings is 1. The van der Waals surface area contributed by atoms with Gasteiger partial charge in [0.25, 0.3) is 0 Å². The van der Waals surface area contributed by atoms with Crippen LogP contribution in [-0.2, 0) is 32.1 Å². The number of hydrogen-bond acceptors (Lipinski definition) is 9. The second-order valence-electron chi connectivity index (χ2n) is 11.8. The molecule has 1 aromatic heterocycles. The molecule has 1 aliphatic carbocycles. The van der Waals surface area contributed by atoms with Crippen molar-refractivity contribution < 1.29 is 28.5 Å². The maximum atomic E-state index is 13.0. The van der Waals surface area contributed by atoms with Gasteiger partial charge in [-0.05, 0) is 73.6 Å². The average Bonchev–Trinajstić information content (AvgIpc) is 3.53. The molecule has 0 unspecified atom stereocenters. The lowest BCUT2D eigenvalue weighted by Gasteiger charge is -2.20. The summed E-state index contributed by atoms with van der Waals surface area (Å²) < 4.78 is 24.8. The summed E-state index contributed by atoms with van der Waals surface area (Å²) in [5.41, 5.74) is 2.93. The number of nitrogens with one attached hydrogen (secondary N) is 1. The van der Waals surface area contributed by atoms with Crippen molar-refractivity contribution in [2.75, 3.05) is 13.7 Å². The third-order valence-corrected chi connectivity index (χ3v) is 9.66. The number of ether oxygens (including phenoxy) is 4. The van der Waals surface area contributed by atoms with Crippen LogP contribution in [0.5, 0.6) is 5.75 Å². The van der Waals surface area contributed by atoms with Crippen LogP contribution in [0.25, 0.3) is 5.69 Å². The fraction of sp³-hybridized carbons (Fsp3) is 0.394. The van der Waals surface area contributed by atoms with Gasteiger partial charge >= 0.3 is 22.6 Å². The third-order valence-electron chi connectivity index (χ3n) is 8.73. The lowest BCUT2D eigenvalue weighted by Crippen LogP contribution is -2.29. The van der Waals surface area contributed by atoms with Gasteiger partial charge in [0.1, 0.15) is 24.6 Å². The Hall–Kier alpha value is -4.42. The Labute approximate surface area is 263 Å². The van der Waals surface area contributed by atoms with E-state index in [1.165, 1.54) is 8.52 Å². The first-order valence-electron chi connectivity index (χ1n) is 14.9. The van der Waals surface area contributed by atoms with Crippen molar-refractivity contribution in [2.24, 2.45) is 5.92 Å². The van der Waals surface area contributed by atoms with Crippen LogP contribution in [0.2, 0.25) is 0 Å². The molecule has 4 atom stereocenters. The fourth-order valence-corrected chi connectivity index (χ4v) is 6.75. The molecule has 1 N–H and O–H groups in total. The molecule has 6 rings (SSSR count). The topological polar surface area (TPSA) is 130 Å². The number of rotatable bonds is 8. The number of hydrogen-bond donors (Lipinski definition) is 1. The molecule has 2 aliphatic heterocycles. The van der Waals surface area contributed by atoms with Crippen LogP contribution >= 0.6 is 11.5 Å². The first-order chi connectivity index (χ1) is 21.6. The van der Waals surface area contributed by atoms with Crippen molar-refractivity contribution in [3.8, 4) is 11.4 Å². The van der Waals surface area contributed by atoms with Gasteiger partial charge in [0.2, 0.25) is 0 Å². The minimum atomic E-state index is -0.541. The Kier molecular flexibility index (Phi) is 8.52. The van der Waals surface area contributed by atoms with E-state index < -0.39 is 11.8 Å². The van der Waals surface area contributed by atoms with Crippen LogP contribution in [0.4, 0.5) is 4.79 Å². The predicted octanol–water partition coefficient (Wildman–Crippen LogP) is 4.10. The predicted molar refractivity (Wildman–Crippen MR) is 167 cm³/mol. The zero-order chi connectivity index (χ0) is 31.7. The van der Waals surface area contributed by atoms with Gasteiger partial charge in [0, 0.05) is 29.6 Å². The van der Waals surface area contributed by atoms with E-state index in [4.69, 9.17) is 18.9 Å². The highest BCUT2D eigenvalue weighted by Crippen LogP contribution is 2.49. The number of alkyl carbamates (subject to hydrolysis) is 1. The molecule has 0 saturated carbocycles. The Morgan fingerprint density at radius 2 is 1.84 bits per heavy atom. The number of aromatic nitrogens is 2. The van der Waals surface area contributed by atoms with Crippen molar-refractivity contribution in [3.63, 3.8) is 0 Å². The molecule has 0 radical (unpaired) electrons. The van der Waals surface area contributed by atoms with E-state index in [1.807, 2.05) is 31.2 Å². The Morgan fingerprint density at radius 3 is 2.58 bits per heavy atom. The van der Waals surface area contributed by atoms with E-state index in [2.05, 4.69) is 18.0 Å². The lowest BCUT2D eigenvalue weighted by atomic mass is 9.84. The first-order valence-corrected chi connectivity index (χ1v) is 15.6. The maximum absolute atomic E-state index is 13.0. The fourth-order valence-electron chi connectivity index (χ4n) is 5.95. The first kappa shape index (κ1) is 30.6. The van der Waals surface area contributed by atoms with Crippen LogP contribution < -0.4 is 20.6 Å². The van der Waals surface area contributed by atoms with Gasteiger partial charge < -0.3 is 24.3 Å². The molecule has 45 heavy (non-hydrogen) atoms. The van der Waals surface area contributed by atoms with Crippen LogP contribution in [0.15, 0.2) is 81.9 Å². The lowest BCUT2D eigenvalue weighted by molar-refractivity contribution is -0.140. The standard InChI is InChI=1S/C33H35N3O8S/c1-20-26-15-10-23(5-4-16-33(2)28(44-33)27(26)43-29(20)37)19-42-30(38)34-17-21-6-8-22(9-7-21)18-35-31(39)36(45-32(35)40)24-11-13-25(41-3)14-12-24/h5-9,11-14,26-28H,1,4,10,15-19H2,2-3H3,(H,34,38)/b23-5+/t26-,27-,28-,33+/m0/s1. The van der Waals surface area contributed by atoms with Crippen LogP contribution in [-0.4, -0.2) is 52.1 Å². The van der Waals surface area contributed by atoms with Gasteiger partial charge in [0.05, 0.1) is 24.9 Å². The number of fused-ring (bicyclic) bond motifs is 3. The molecular weight excluding hydrogens is 598 g/mol. The van der Waals surface area contributed by atoms with E-state index in [-0.39, 0.29) is 54.3 Å². The molecule has 1 amide bonds. The number of nitrogens with zero attached hydrogens (tertiary/aromatic N) is 2. The molecule has 2 fully saturated rings. The second-order valence-corrected chi connectivity index (χ2v) is 12.7. The van der Waals surface area contributed by atoms with Crippen LogP contribution in [0.3, 0.4) is 0 Å². The van der Waals surface area contributed by atoms with Gasteiger partial charge in [-0.3, -0.25) is 4.79 Å². The molecular formula is C33H35N3O8S. The maximum Gasteiger partial charge on any atom is 0.407 e.